The predicted molar refractivity (Wildman–Crippen MR) is 103 cm³/mol. The van der Waals surface area contributed by atoms with Crippen LogP contribution in [0.3, 0.4) is 0 Å². The number of anilines is 1. The van der Waals surface area contributed by atoms with E-state index in [0.717, 1.165) is 16.1 Å². The number of hydrogen-bond acceptors (Lipinski definition) is 4. The van der Waals surface area contributed by atoms with Crippen molar-refractivity contribution in [1.29, 1.82) is 0 Å². The molecule has 0 bridgehead atoms. The number of nitrogens with one attached hydrogen (secondary N) is 2. The molecule has 0 aliphatic rings. The Bertz CT molecular complexity index is 864. The number of sulfonamides is 1. The summed E-state index contributed by atoms with van der Waals surface area (Å²) in [7, 11) is -3.63. The van der Waals surface area contributed by atoms with E-state index < -0.39 is 10.0 Å². The maximum atomic E-state index is 12.4. The minimum Gasteiger partial charge on any atom is -0.325 e. The van der Waals surface area contributed by atoms with Crippen molar-refractivity contribution in [2.24, 2.45) is 0 Å². The molecule has 2 aromatic carbocycles. The molecule has 1 amide bonds. The number of para-hydroxylation sites is 1. The highest BCUT2D eigenvalue weighted by molar-refractivity contribution is 7.98. The summed E-state index contributed by atoms with van der Waals surface area (Å²) in [6, 6.07) is 12.8. The number of hydrogen-bond donors (Lipinski definition) is 2. The van der Waals surface area contributed by atoms with Gasteiger partial charge in [-0.25, -0.2) is 13.1 Å². The molecule has 0 spiro atoms. The fourth-order valence-electron chi connectivity index (χ4n) is 2.33. The van der Waals surface area contributed by atoms with E-state index in [4.69, 9.17) is 0 Å². The van der Waals surface area contributed by atoms with Crippen molar-refractivity contribution < 1.29 is 13.2 Å². The van der Waals surface area contributed by atoms with Crippen LogP contribution in [0.25, 0.3) is 0 Å². The maximum absolute atomic E-state index is 12.4. The second-order valence-corrected chi connectivity index (χ2v) is 8.25. The molecule has 2 aromatic rings. The van der Waals surface area contributed by atoms with Gasteiger partial charge in [0, 0.05) is 17.9 Å². The Morgan fingerprint density at radius 2 is 1.84 bits per heavy atom. The highest BCUT2D eigenvalue weighted by atomic mass is 32.2. The van der Waals surface area contributed by atoms with E-state index in [2.05, 4.69) is 10.0 Å². The minimum absolute atomic E-state index is 0.0446. The first-order valence-corrected chi connectivity index (χ1v) is 10.5. The lowest BCUT2D eigenvalue weighted by Gasteiger charge is -2.11. The van der Waals surface area contributed by atoms with Gasteiger partial charge in [0.1, 0.15) is 0 Å². The lowest BCUT2D eigenvalue weighted by atomic mass is 10.2. The van der Waals surface area contributed by atoms with Gasteiger partial charge in [-0.2, -0.15) is 0 Å². The van der Waals surface area contributed by atoms with Crippen molar-refractivity contribution in [3.63, 3.8) is 0 Å². The van der Waals surface area contributed by atoms with Gasteiger partial charge in [-0.05, 0) is 49.4 Å². The highest BCUT2D eigenvalue weighted by Gasteiger charge is 2.17. The van der Waals surface area contributed by atoms with Crippen LogP contribution in [0, 0.1) is 13.8 Å². The predicted octanol–water partition coefficient (Wildman–Crippen LogP) is 3.33. The molecule has 0 fully saturated rings. The average molecular weight is 379 g/mol. The molecule has 0 saturated heterocycles. The average Bonchev–Trinajstić information content (AvgIpc) is 2.57. The van der Waals surface area contributed by atoms with Crippen LogP contribution in [0.1, 0.15) is 17.5 Å². The zero-order valence-electron chi connectivity index (χ0n) is 14.5. The summed E-state index contributed by atoms with van der Waals surface area (Å²) in [6.07, 6.45) is 2.00. The van der Waals surface area contributed by atoms with Crippen molar-refractivity contribution in [1.82, 2.24) is 4.72 Å². The molecule has 0 aliphatic heterocycles. The molecule has 0 unspecified atom stereocenters. The Balaban J connectivity index is 1.95. The molecule has 5 nitrogen and oxygen atoms in total. The summed E-state index contributed by atoms with van der Waals surface area (Å²) in [5, 5.41) is 2.81. The molecule has 0 aromatic heterocycles. The van der Waals surface area contributed by atoms with Gasteiger partial charge in [-0.15, -0.1) is 11.8 Å². The largest absolute Gasteiger partial charge is 0.325 e. The molecule has 2 N–H and O–H groups in total. The van der Waals surface area contributed by atoms with Crippen LogP contribution >= 0.6 is 11.8 Å². The number of rotatable bonds is 7. The van der Waals surface area contributed by atoms with Crippen molar-refractivity contribution in [3.05, 3.63) is 53.6 Å². The van der Waals surface area contributed by atoms with Gasteiger partial charge < -0.3 is 5.32 Å². The maximum Gasteiger partial charge on any atom is 0.240 e. The van der Waals surface area contributed by atoms with Gasteiger partial charge in [0.05, 0.1) is 10.6 Å². The van der Waals surface area contributed by atoms with Gasteiger partial charge in [-0.3, -0.25) is 4.79 Å². The summed E-state index contributed by atoms with van der Waals surface area (Å²) in [5.74, 6) is -0.231. The summed E-state index contributed by atoms with van der Waals surface area (Å²) >= 11 is 1.54. The zero-order valence-corrected chi connectivity index (χ0v) is 16.1. The van der Waals surface area contributed by atoms with Crippen LogP contribution in [0.5, 0.6) is 0 Å². The van der Waals surface area contributed by atoms with E-state index in [1.165, 1.54) is 11.8 Å². The number of aryl methyl sites for hydroxylation is 2. The Kier molecular flexibility index (Phi) is 6.64. The minimum atomic E-state index is -3.63. The number of thioether (sulfide) groups is 1. The second-order valence-electron chi connectivity index (χ2n) is 5.67. The number of amides is 1. The molecule has 0 atom stereocenters. The molecule has 25 heavy (non-hydrogen) atoms. The fourth-order valence-corrected chi connectivity index (χ4v) is 4.25. The van der Waals surface area contributed by atoms with Crippen LogP contribution in [-0.2, 0) is 14.8 Å². The van der Waals surface area contributed by atoms with Gasteiger partial charge in [-0.1, -0.05) is 24.3 Å². The smallest absolute Gasteiger partial charge is 0.240 e. The fraction of sp³-hybridized carbons (Fsp3) is 0.278. The standard InChI is InChI=1S/C18H22N2O3S2/c1-13-8-9-14(2)17(12-13)25(22,23)19-11-10-18(21)20-15-6-4-5-7-16(15)24-3/h4-9,12,19H,10-11H2,1-3H3,(H,20,21). The lowest BCUT2D eigenvalue weighted by Crippen LogP contribution is -2.28. The van der Waals surface area contributed by atoms with Crippen LogP contribution in [0.15, 0.2) is 52.3 Å². The number of carbonyl (C=O) groups excluding carboxylic acids is 1. The zero-order chi connectivity index (χ0) is 18.4. The molecule has 7 heteroatoms. The van der Waals surface area contributed by atoms with E-state index in [0.29, 0.717) is 5.56 Å². The molecule has 0 heterocycles. The van der Waals surface area contributed by atoms with E-state index in [1.807, 2.05) is 43.5 Å². The summed E-state index contributed by atoms with van der Waals surface area (Å²) in [6.45, 7) is 3.64. The first kappa shape index (κ1) is 19.5. The number of carbonyl (C=O) groups is 1. The SMILES string of the molecule is CSc1ccccc1NC(=O)CCNS(=O)(=O)c1cc(C)ccc1C. The van der Waals surface area contributed by atoms with Crippen molar-refractivity contribution in [3.8, 4) is 0 Å². The van der Waals surface area contributed by atoms with Gasteiger partial charge in [0.25, 0.3) is 0 Å². The third-order valence-electron chi connectivity index (χ3n) is 3.66. The van der Waals surface area contributed by atoms with E-state index >= 15 is 0 Å². The van der Waals surface area contributed by atoms with Crippen LogP contribution in [0.4, 0.5) is 5.69 Å². The summed E-state index contributed by atoms with van der Waals surface area (Å²) in [5.41, 5.74) is 2.28. The molecule has 0 radical (unpaired) electrons. The van der Waals surface area contributed by atoms with Crippen LogP contribution in [-0.4, -0.2) is 27.1 Å². The lowest BCUT2D eigenvalue weighted by molar-refractivity contribution is -0.116. The van der Waals surface area contributed by atoms with Gasteiger partial charge in [0.2, 0.25) is 15.9 Å². The van der Waals surface area contributed by atoms with E-state index in [1.54, 1.807) is 19.1 Å². The first-order chi connectivity index (χ1) is 11.8. The van der Waals surface area contributed by atoms with Gasteiger partial charge in [0.15, 0.2) is 0 Å². The molecule has 0 aliphatic carbocycles. The van der Waals surface area contributed by atoms with Crippen LogP contribution in [0.2, 0.25) is 0 Å². The molecule has 0 saturated carbocycles. The van der Waals surface area contributed by atoms with Crippen molar-refractivity contribution >= 4 is 33.4 Å². The Hall–Kier alpha value is -1.83. The Labute approximate surface area is 153 Å². The monoisotopic (exact) mass is 378 g/mol. The summed E-state index contributed by atoms with van der Waals surface area (Å²) < 4.78 is 27.3. The highest BCUT2D eigenvalue weighted by Crippen LogP contribution is 2.24. The number of benzene rings is 2. The van der Waals surface area contributed by atoms with Gasteiger partial charge >= 0.3 is 0 Å². The molecular weight excluding hydrogens is 356 g/mol. The van der Waals surface area contributed by atoms with E-state index in [9.17, 15) is 13.2 Å². The third-order valence-corrected chi connectivity index (χ3v) is 6.06. The van der Waals surface area contributed by atoms with Crippen molar-refractivity contribution in [2.75, 3.05) is 18.1 Å². The third kappa shape index (κ3) is 5.32. The molecular formula is C18H22N2O3S2. The summed E-state index contributed by atoms with van der Waals surface area (Å²) in [4.78, 5) is 13.3. The second kappa shape index (κ2) is 8.51. The molecule has 2 rings (SSSR count). The van der Waals surface area contributed by atoms with Crippen molar-refractivity contribution in [2.45, 2.75) is 30.1 Å². The quantitative estimate of drug-likeness (QED) is 0.725. The normalized spacial score (nSPS) is 11.3. The Morgan fingerprint density at radius 1 is 1.12 bits per heavy atom. The Morgan fingerprint density at radius 3 is 2.56 bits per heavy atom. The molecule has 134 valence electrons. The first-order valence-electron chi connectivity index (χ1n) is 7.83. The topological polar surface area (TPSA) is 75.3 Å². The van der Waals surface area contributed by atoms with E-state index in [-0.39, 0.29) is 23.8 Å². The van der Waals surface area contributed by atoms with Crippen LogP contribution < -0.4 is 10.0 Å².